The van der Waals surface area contributed by atoms with Gasteiger partial charge in [-0.25, -0.2) is 4.39 Å². The third-order valence-corrected chi connectivity index (χ3v) is 9.73. The molecule has 2 aliphatic rings. The van der Waals surface area contributed by atoms with Crippen molar-refractivity contribution in [1.29, 1.82) is 0 Å². The summed E-state index contributed by atoms with van der Waals surface area (Å²) >= 11 is 0. The van der Waals surface area contributed by atoms with Crippen molar-refractivity contribution in [3.8, 4) is 16.9 Å². The Balaban J connectivity index is 0.999. The molecule has 0 aromatic heterocycles. The molecule has 0 aliphatic carbocycles. The third kappa shape index (κ3) is 9.29. The maximum Gasteiger partial charge on any atom is 0.251 e. The SMILES string of the molecule is CC1CN(Cc2cccc(-c3cc(CNC(=O)c4cccc(CN5CC[N+](C)(CCOc6ccccc6)CC5)c4)ccc3F)c2)CCN1. The zero-order chi connectivity index (χ0) is 33.3. The smallest absolute Gasteiger partial charge is 0.251 e. The predicted molar refractivity (Wildman–Crippen MR) is 190 cm³/mol. The summed E-state index contributed by atoms with van der Waals surface area (Å²) in [7, 11) is 2.31. The van der Waals surface area contributed by atoms with Gasteiger partial charge in [0.25, 0.3) is 5.91 Å². The highest BCUT2D eigenvalue weighted by Gasteiger charge is 2.28. The van der Waals surface area contributed by atoms with Gasteiger partial charge in [-0.05, 0) is 71.6 Å². The fraction of sp³-hybridized carbons (Fsp3) is 0.375. The summed E-state index contributed by atoms with van der Waals surface area (Å²) in [6.07, 6.45) is 0. The first-order chi connectivity index (χ1) is 23.3. The zero-order valence-corrected chi connectivity index (χ0v) is 28.3. The molecule has 4 aromatic carbocycles. The zero-order valence-electron chi connectivity index (χ0n) is 28.3. The lowest BCUT2D eigenvalue weighted by Crippen LogP contribution is -2.58. The molecule has 252 valence electrons. The molecule has 6 rings (SSSR count). The highest BCUT2D eigenvalue weighted by atomic mass is 19.1. The van der Waals surface area contributed by atoms with Crippen LogP contribution in [0, 0.1) is 5.82 Å². The number of carbonyl (C=O) groups excluding carboxylic acids is 1. The number of rotatable bonds is 12. The molecule has 1 unspecified atom stereocenters. The summed E-state index contributed by atoms with van der Waals surface area (Å²) in [4.78, 5) is 18.1. The average Bonchev–Trinajstić information content (AvgIpc) is 3.10. The number of likely N-dealkylation sites (N-methyl/N-ethyl adjacent to an activating group) is 1. The Morgan fingerprint density at radius 2 is 1.62 bits per heavy atom. The number of piperazine rings is 2. The number of halogens is 1. The molecule has 2 heterocycles. The quantitative estimate of drug-likeness (QED) is 0.197. The first kappa shape index (κ1) is 33.8. The van der Waals surface area contributed by atoms with Crippen LogP contribution >= 0.6 is 0 Å². The van der Waals surface area contributed by atoms with E-state index < -0.39 is 0 Å². The molecule has 4 aromatic rings. The van der Waals surface area contributed by atoms with E-state index in [-0.39, 0.29) is 11.7 Å². The van der Waals surface area contributed by atoms with Crippen LogP contribution in [0.4, 0.5) is 4.39 Å². The Morgan fingerprint density at radius 3 is 2.42 bits per heavy atom. The van der Waals surface area contributed by atoms with Crippen molar-refractivity contribution in [3.05, 3.63) is 125 Å². The molecule has 0 bridgehead atoms. The molecule has 1 atom stereocenters. The Kier molecular flexibility index (Phi) is 11.2. The number of quaternary nitrogens is 1. The molecular weight excluding hydrogens is 601 g/mol. The number of hydrogen-bond acceptors (Lipinski definition) is 5. The van der Waals surface area contributed by atoms with E-state index in [4.69, 9.17) is 4.74 Å². The second kappa shape index (κ2) is 15.9. The number of ether oxygens (including phenoxy) is 1. The fourth-order valence-electron chi connectivity index (χ4n) is 6.78. The van der Waals surface area contributed by atoms with Gasteiger partial charge in [0.2, 0.25) is 0 Å². The minimum Gasteiger partial charge on any atom is -0.488 e. The Labute approximate surface area is 284 Å². The normalized spacial score (nSPS) is 18.4. The second-order valence-corrected chi connectivity index (χ2v) is 13.7. The minimum absolute atomic E-state index is 0.128. The minimum atomic E-state index is -0.261. The Bertz CT molecular complexity index is 1660. The first-order valence-corrected chi connectivity index (χ1v) is 17.3. The standard InChI is InChI=1S/C40H48FN5O2/c1-31-28-45(17-16-42-31)30-33-8-6-10-35(24-33)38-26-32(14-15-39(38)41)27-43-40(47)36-11-7-9-34(25-36)29-44-18-20-46(2,21-19-44)22-23-48-37-12-4-3-5-13-37/h3-15,24-26,31,42H,16-23,27-30H2,1-2H3/p+1. The van der Waals surface area contributed by atoms with Crippen molar-refractivity contribution < 1.29 is 18.4 Å². The van der Waals surface area contributed by atoms with E-state index in [2.05, 4.69) is 52.6 Å². The van der Waals surface area contributed by atoms with Gasteiger partial charge in [0.1, 0.15) is 24.7 Å². The van der Waals surface area contributed by atoms with Gasteiger partial charge in [-0.1, -0.05) is 54.6 Å². The van der Waals surface area contributed by atoms with Gasteiger partial charge in [-0.3, -0.25) is 14.6 Å². The lowest BCUT2D eigenvalue weighted by molar-refractivity contribution is -0.913. The Hall–Kier alpha value is -4.08. The van der Waals surface area contributed by atoms with Crippen LogP contribution in [0.15, 0.2) is 97.1 Å². The van der Waals surface area contributed by atoms with Crippen molar-refractivity contribution in [2.75, 3.05) is 66.0 Å². The van der Waals surface area contributed by atoms with Crippen LogP contribution in [0.5, 0.6) is 5.75 Å². The van der Waals surface area contributed by atoms with Crippen molar-refractivity contribution >= 4 is 5.91 Å². The summed E-state index contributed by atoms with van der Waals surface area (Å²) < 4.78 is 22.0. The lowest BCUT2D eigenvalue weighted by atomic mass is 10.00. The third-order valence-electron chi connectivity index (χ3n) is 9.73. The molecule has 0 radical (unpaired) electrons. The van der Waals surface area contributed by atoms with Crippen molar-refractivity contribution in [2.24, 2.45) is 0 Å². The average molecular weight is 651 g/mol. The van der Waals surface area contributed by atoms with Crippen molar-refractivity contribution in [1.82, 2.24) is 20.4 Å². The van der Waals surface area contributed by atoms with Gasteiger partial charge in [-0.15, -0.1) is 0 Å². The molecule has 7 nitrogen and oxygen atoms in total. The Morgan fingerprint density at radius 1 is 0.875 bits per heavy atom. The molecule has 8 heteroatoms. The van der Waals surface area contributed by atoms with Crippen LogP contribution in [0.3, 0.4) is 0 Å². The van der Waals surface area contributed by atoms with Crippen LogP contribution in [-0.2, 0) is 19.6 Å². The fourth-order valence-corrected chi connectivity index (χ4v) is 6.78. The number of amides is 1. The van der Waals surface area contributed by atoms with Crippen molar-refractivity contribution in [2.45, 2.75) is 32.6 Å². The maximum atomic E-state index is 15.0. The highest BCUT2D eigenvalue weighted by Crippen LogP contribution is 2.26. The predicted octanol–water partition coefficient (Wildman–Crippen LogP) is 5.56. The maximum absolute atomic E-state index is 15.0. The van der Waals surface area contributed by atoms with Crippen LogP contribution in [0.1, 0.15) is 34.0 Å². The van der Waals surface area contributed by atoms with Crippen LogP contribution in [-0.4, -0.2) is 92.2 Å². The van der Waals surface area contributed by atoms with Crippen LogP contribution < -0.4 is 15.4 Å². The molecule has 2 N–H and O–H groups in total. The summed E-state index contributed by atoms with van der Waals surface area (Å²) in [5, 5.41) is 6.54. The second-order valence-electron chi connectivity index (χ2n) is 13.7. The molecule has 2 aliphatic heterocycles. The highest BCUT2D eigenvalue weighted by molar-refractivity contribution is 5.94. The van der Waals surface area contributed by atoms with E-state index in [0.717, 1.165) is 92.4 Å². The van der Waals surface area contributed by atoms with E-state index in [1.54, 1.807) is 6.07 Å². The molecule has 2 fully saturated rings. The lowest BCUT2D eigenvalue weighted by Gasteiger charge is -2.42. The van der Waals surface area contributed by atoms with Gasteiger partial charge >= 0.3 is 0 Å². The number of nitrogens with one attached hydrogen (secondary N) is 2. The van der Waals surface area contributed by atoms with E-state index in [9.17, 15) is 4.79 Å². The summed E-state index contributed by atoms with van der Waals surface area (Å²) in [5.74, 6) is 0.533. The van der Waals surface area contributed by atoms with E-state index >= 15 is 4.39 Å². The molecule has 2 saturated heterocycles. The number of benzene rings is 4. The van der Waals surface area contributed by atoms with Gasteiger partial charge in [0.05, 0.1) is 20.1 Å². The number of para-hydroxylation sites is 1. The number of nitrogens with zero attached hydrogens (tertiary/aromatic N) is 3. The van der Waals surface area contributed by atoms with Gasteiger partial charge < -0.3 is 19.9 Å². The molecule has 0 saturated carbocycles. The van der Waals surface area contributed by atoms with Crippen molar-refractivity contribution in [3.63, 3.8) is 0 Å². The molecule has 1 amide bonds. The summed E-state index contributed by atoms with van der Waals surface area (Å²) in [6.45, 7) is 13.0. The largest absolute Gasteiger partial charge is 0.488 e. The molecular formula is C40H49FN5O2+. The van der Waals surface area contributed by atoms with E-state index in [1.807, 2.05) is 66.7 Å². The van der Waals surface area contributed by atoms with Gasteiger partial charge in [-0.2, -0.15) is 0 Å². The van der Waals surface area contributed by atoms with Crippen LogP contribution in [0.25, 0.3) is 11.1 Å². The molecule has 0 spiro atoms. The number of carbonyl (C=O) groups is 1. The van der Waals surface area contributed by atoms with E-state index in [1.165, 1.54) is 11.6 Å². The summed E-state index contributed by atoms with van der Waals surface area (Å²) in [5.41, 5.74) is 5.21. The number of hydrogen-bond donors (Lipinski definition) is 2. The molecule has 48 heavy (non-hydrogen) atoms. The van der Waals surface area contributed by atoms with E-state index in [0.29, 0.717) is 30.3 Å². The monoisotopic (exact) mass is 650 g/mol. The summed E-state index contributed by atoms with van der Waals surface area (Å²) in [6, 6.07) is 31.6. The van der Waals surface area contributed by atoms with Gasteiger partial charge in [0, 0.05) is 69.5 Å². The topological polar surface area (TPSA) is 56.8 Å². The first-order valence-electron chi connectivity index (χ1n) is 17.3. The van der Waals surface area contributed by atoms with Gasteiger partial charge in [0.15, 0.2) is 0 Å². The van der Waals surface area contributed by atoms with Crippen LogP contribution in [0.2, 0.25) is 0 Å².